The number of aromatic nitrogens is 1. The normalized spacial score (nSPS) is 19.9. The molecule has 0 spiro atoms. The third-order valence-electron chi connectivity index (χ3n) is 3.15. The zero-order chi connectivity index (χ0) is 13.9. The number of ether oxygens (including phenoxy) is 1. The van der Waals surface area contributed by atoms with E-state index in [0.29, 0.717) is 26.3 Å². The number of β-amino-alcohol motifs (C(OH)–C–C–N with tert-alkyl or cyclic N) is 1. The molecule has 1 atom stereocenters. The third-order valence-corrected chi connectivity index (χ3v) is 4.05. The monoisotopic (exact) mass is 294 g/mol. The second-order valence-corrected chi connectivity index (χ2v) is 5.53. The molecule has 4 nitrogen and oxygen atoms in total. The fraction of sp³-hybridized carbons (Fsp3) is 0.357. The topological polar surface area (TPSA) is 45.6 Å². The summed E-state index contributed by atoms with van der Waals surface area (Å²) in [5.74, 6) is -0.253. The fourth-order valence-corrected chi connectivity index (χ4v) is 3.00. The van der Waals surface area contributed by atoms with Crippen LogP contribution in [0.3, 0.4) is 0 Å². The van der Waals surface area contributed by atoms with Crippen molar-refractivity contribution in [2.75, 3.05) is 31.2 Å². The van der Waals surface area contributed by atoms with E-state index in [1.54, 1.807) is 12.1 Å². The summed E-state index contributed by atoms with van der Waals surface area (Å²) in [5, 5.41) is 12.5. The van der Waals surface area contributed by atoms with Crippen LogP contribution in [0.15, 0.2) is 29.6 Å². The predicted molar refractivity (Wildman–Crippen MR) is 76.5 cm³/mol. The van der Waals surface area contributed by atoms with Crippen molar-refractivity contribution in [3.8, 4) is 11.3 Å². The van der Waals surface area contributed by atoms with Crippen molar-refractivity contribution in [1.82, 2.24) is 4.98 Å². The van der Waals surface area contributed by atoms with E-state index in [1.807, 2.05) is 10.3 Å². The quantitative estimate of drug-likeness (QED) is 0.922. The highest BCUT2D eigenvalue weighted by Crippen LogP contribution is 2.28. The van der Waals surface area contributed by atoms with E-state index in [-0.39, 0.29) is 5.82 Å². The molecular formula is C14H15FN2O2S. The summed E-state index contributed by atoms with van der Waals surface area (Å²) < 4.78 is 18.2. The van der Waals surface area contributed by atoms with E-state index >= 15 is 0 Å². The molecule has 0 bridgehead atoms. The van der Waals surface area contributed by atoms with Crippen LogP contribution in [0.2, 0.25) is 0 Å². The predicted octanol–water partition coefficient (Wildman–Crippen LogP) is 2.15. The van der Waals surface area contributed by atoms with Gasteiger partial charge in [0.05, 0.1) is 25.0 Å². The standard InChI is InChI=1S/C14H15FN2O2S/c15-11-3-1-10(2-4-11)13-9-20-14(16-13)17-5-6-19-8-12(18)7-17/h1-4,9,12,18H,5-8H2/t12-/m0/s1. The molecule has 1 fully saturated rings. The van der Waals surface area contributed by atoms with Crippen LogP contribution < -0.4 is 4.90 Å². The van der Waals surface area contributed by atoms with Gasteiger partial charge in [0.1, 0.15) is 5.82 Å². The molecule has 0 radical (unpaired) electrons. The molecule has 20 heavy (non-hydrogen) atoms. The van der Waals surface area contributed by atoms with Crippen LogP contribution >= 0.6 is 11.3 Å². The van der Waals surface area contributed by atoms with Crippen molar-refractivity contribution in [3.63, 3.8) is 0 Å². The van der Waals surface area contributed by atoms with E-state index in [2.05, 4.69) is 4.98 Å². The molecule has 1 aromatic carbocycles. The first kappa shape index (κ1) is 13.5. The number of benzene rings is 1. The molecule has 3 rings (SSSR count). The fourth-order valence-electron chi connectivity index (χ4n) is 2.13. The summed E-state index contributed by atoms with van der Waals surface area (Å²) in [4.78, 5) is 6.59. The van der Waals surface area contributed by atoms with Gasteiger partial charge in [-0.05, 0) is 24.3 Å². The lowest BCUT2D eigenvalue weighted by Crippen LogP contribution is -2.32. The molecule has 0 saturated carbocycles. The summed E-state index contributed by atoms with van der Waals surface area (Å²) >= 11 is 1.52. The highest BCUT2D eigenvalue weighted by molar-refractivity contribution is 7.14. The van der Waals surface area contributed by atoms with Crippen LogP contribution in [0.25, 0.3) is 11.3 Å². The Labute approximate surface area is 120 Å². The Balaban J connectivity index is 1.80. The second kappa shape index (κ2) is 5.87. The maximum Gasteiger partial charge on any atom is 0.186 e. The molecule has 1 saturated heterocycles. The summed E-state index contributed by atoms with van der Waals surface area (Å²) in [6.45, 7) is 2.19. The average Bonchev–Trinajstić information content (AvgIpc) is 2.83. The Kier molecular flexibility index (Phi) is 3.95. The Morgan fingerprint density at radius 2 is 2.15 bits per heavy atom. The minimum Gasteiger partial charge on any atom is -0.389 e. The van der Waals surface area contributed by atoms with Crippen molar-refractivity contribution in [1.29, 1.82) is 0 Å². The van der Waals surface area contributed by atoms with E-state index in [9.17, 15) is 9.50 Å². The molecule has 0 amide bonds. The number of aliphatic hydroxyl groups excluding tert-OH is 1. The first-order chi connectivity index (χ1) is 9.72. The molecular weight excluding hydrogens is 279 g/mol. The lowest BCUT2D eigenvalue weighted by Gasteiger charge is -2.19. The van der Waals surface area contributed by atoms with Crippen LogP contribution in [-0.2, 0) is 4.74 Å². The molecule has 1 aliphatic heterocycles. The van der Waals surface area contributed by atoms with E-state index in [1.165, 1.54) is 23.5 Å². The SMILES string of the molecule is O[C@@H]1COCCN(c2nc(-c3ccc(F)cc3)cs2)C1. The number of hydrogen-bond donors (Lipinski definition) is 1. The maximum absolute atomic E-state index is 12.9. The van der Waals surface area contributed by atoms with Gasteiger partial charge in [-0.25, -0.2) is 9.37 Å². The summed E-state index contributed by atoms with van der Waals surface area (Å²) in [6.07, 6.45) is -0.490. The number of halogens is 1. The van der Waals surface area contributed by atoms with Crippen LogP contribution in [0.5, 0.6) is 0 Å². The number of aliphatic hydroxyl groups is 1. The van der Waals surface area contributed by atoms with Crippen molar-refractivity contribution in [2.45, 2.75) is 6.10 Å². The third kappa shape index (κ3) is 2.98. The van der Waals surface area contributed by atoms with Crippen LogP contribution in [-0.4, -0.2) is 42.5 Å². The second-order valence-electron chi connectivity index (χ2n) is 4.70. The summed E-state index contributed by atoms with van der Waals surface area (Å²) in [5.41, 5.74) is 1.71. The van der Waals surface area contributed by atoms with Gasteiger partial charge in [0.15, 0.2) is 5.13 Å². The van der Waals surface area contributed by atoms with Crippen LogP contribution in [0.4, 0.5) is 9.52 Å². The smallest absolute Gasteiger partial charge is 0.186 e. The minimum atomic E-state index is -0.490. The lowest BCUT2D eigenvalue weighted by atomic mass is 10.2. The van der Waals surface area contributed by atoms with Gasteiger partial charge in [0.25, 0.3) is 0 Å². The van der Waals surface area contributed by atoms with Gasteiger partial charge in [-0.2, -0.15) is 0 Å². The Morgan fingerprint density at radius 3 is 2.95 bits per heavy atom. The minimum absolute atomic E-state index is 0.253. The average molecular weight is 294 g/mol. The van der Waals surface area contributed by atoms with Gasteiger partial charge in [0, 0.05) is 24.0 Å². The van der Waals surface area contributed by atoms with Crippen LogP contribution in [0.1, 0.15) is 0 Å². The van der Waals surface area contributed by atoms with Gasteiger partial charge in [-0.1, -0.05) is 0 Å². The Morgan fingerprint density at radius 1 is 1.35 bits per heavy atom. The van der Waals surface area contributed by atoms with E-state index in [4.69, 9.17) is 4.74 Å². The Hall–Kier alpha value is -1.50. The molecule has 0 aliphatic carbocycles. The number of rotatable bonds is 2. The highest BCUT2D eigenvalue weighted by atomic mass is 32.1. The molecule has 1 aliphatic rings. The largest absolute Gasteiger partial charge is 0.389 e. The molecule has 6 heteroatoms. The number of thiazole rings is 1. The van der Waals surface area contributed by atoms with Gasteiger partial charge in [0.2, 0.25) is 0 Å². The van der Waals surface area contributed by atoms with Crippen molar-refractivity contribution >= 4 is 16.5 Å². The number of nitrogens with zero attached hydrogens (tertiary/aromatic N) is 2. The van der Waals surface area contributed by atoms with E-state index in [0.717, 1.165) is 16.4 Å². The highest BCUT2D eigenvalue weighted by Gasteiger charge is 2.19. The molecule has 2 aromatic rings. The summed E-state index contributed by atoms with van der Waals surface area (Å²) in [7, 11) is 0. The first-order valence-electron chi connectivity index (χ1n) is 6.44. The molecule has 106 valence electrons. The van der Waals surface area contributed by atoms with Gasteiger partial charge >= 0.3 is 0 Å². The zero-order valence-electron chi connectivity index (χ0n) is 10.8. The number of anilines is 1. The summed E-state index contributed by atoms with van der Waals surface area (Å²) in [6, 6.07) is 6.29. The lowest BCUT2D eigenvalue weighted by molar-refractivity contribution is 0.0597. The van der Waals surface area contributed by atoms with Crippen molar-refractivity contribution in [2.24, 2.45) is 0 Å². The van der Waals surface area contributed by atoms with Gasteiger partial charge < -0.3 is 14.7 Å². The van der Waals surface area contributed by atoms with Gasteiger partial charge in [-0.3, -0.25) is 0 Å². The number of hydrogen-bond acceptors (Lipinski definition) is 5. The molecule has 1 N–H and O–H groups in total. The molecule has 2 heterocycles. The molecule has 1 aromatic heterocycles. The molecule has 0 unspecified atom stereocenters. The van der Waals surface area contributed by atoms with E-state index < -0.39 is 6.10 Å². The Bertz CT molecular complexity index is 573. The maximum atomic E-state index is 12.9. The first-order valence-corrected chi connectivity index (χ1v) is 7.32. The zero-order valence-corrected chi connectivity index (χ0v) is 11.6. The van der Waals surface area contributed by atoms with Gasteiger partial charge in [-0.15, -0.1) is 11.3 Å². The van der Waals surface area contributed by atoms with Crippen molar-refractivity contribution in [3.05, 3.63) is 35.5 Å². The van der Waals surface area contributed by atoms with Crippen LogP contribution in [0, 0.1) is 5.82 Å². The van der Waals surface area contributed by atoms with Crippen molar-refractivity contribution < 1.29 is 14.2 Å².